The second-order valence-corrected chi connectivity index (χ2v) is 8.45. The molecule has 28 heavy (non-hydrogen) atoms. The van der Waals surface area contributed by atoms with E-state index in [0.29, 0.717) is 29.4 Å². The van der Waals surface area contributed by atoms with E-state index in [1.807, 2.05) is 13.8 Å². The Bertz CT molecular complexity index is 1170. The van der Waals surface area contributed by atoms with Crippen LogP contribution in [0.15, 0.2) is 18.2 Å². The lowest BCUT2D eigenvalue weighted by Gasteiger charge is -2.16. The summed E-state index contributed by atoms with van der Waals surface area (Å²) >= 11 is 1.40. The van der Waals surface area contributed by atoms with Gasteiger partial charge in [-0.05, 0) is 44.2 Å². The molecule has 3 heterocycles. The first-order chi connectivity index (χ1) is 13.4. The summed E-state index contributed by atoms with van der Waals surface area (Å²) in [4.78, 5) is 36.6. The number of thiophene rings is 1. The van der Waals surface area contributed by atoms with Crippen molar-refractivity contribution < 1.29 is 9.72 Å². The van der Waals surface area contributed by atoms with Gasteiger partial charge in [-0.15, -0.1) is 11.3 Å². The molecule has 0 saturated heterocycles. The number of anilines is 1. The zero-order chi connectivity index (χ0) is 19.6. The first kappa shape index (κ1) is 17.2. The highest BCUT2D eigenvalue weighted by Crippen LogP contribution is 2.41. The maximum atomic E-state index is 13.3. The molecule has 0 radical (unpaired) electrons. The van der Waals surface area contributed by atoms with E-state index in [-0.39, 0.29) is 11.6 Å². The van der Waals surface area contributed by atoms with Crippen molar-refractivity contribution in [2.75, 3.05) is 11.4 Å². The third kappa shape index (κ3) is 2.59. The van der Waals surface area contributed by atoms with Crippen LogP contribution in [0.5, 0.6) is 0 Å². The quantitative estimate of drug-likeness (QED) is 0.488. The second kappa shape index (κ2) is 6.07. The predicted octanol–water partition coefficient (Wildman–Crippen LogP) is 4.30. The molecule has 0 N–H and O–H groups in total. The van der Waals surface area contributed by atoms with E-state index in [4.69, 9.17) is 4.98 Å². The van der Waals surface area contributed by atoms with Gasteiger partial charge >= 0.3 is 0 Å². The van der Waals surface area contributed by atoms with Gasteiger partial charge in [-0.3, -0.25) is 14.9 Å². The van der Waals surface area contributed by atoms with Crippen LogP contribution in [0, 0.1) is 24.0 Å². The molecule has 8 heteroatoms. The minimum absolute atomic E-state index is 0.00213. The molecule has 3 aromatic rings. The molecule has 1 aliphatic carbocycles. The zero-order valence-electron chi connectivity index (χ0n) is 15.6. The summed E-state index contributed by atoms with van der Waals surface area (Å²) in [7, 11) is 0. The number of rotatable bonds is 3. The van der Waals surface area contributed by atoms with E-state index < -0.39 is 4.92 Å². The van der Waals surface area contributed by atoms with Crippen LogP contribution in [-0.2, 0) is 6.42 Å². The number of carbonyl (C=O) groups excluding carboxylic acids is 1. The average molecular weight is 394 g/mol. The van der Waals surface area contributed by atoms with Crippen molar-refractivity contribution >= 4 is 38.8 Å². The molecule has 142 valence electrons. The van der Waals surface area contributed by atoms with Crippen molar-refractivity contribution in [3.8, 4) is 0 Å². The Morgan fingerprint density at radius 2 is 2.07 bits per heavy atom. The van der Waals surface area contributed by atoms with Gasteiger partial charge in [0.2, 0.25) is 0 Å². The lowest BCUT2D eigenvalue weighted by Crippen LogP contribution is -2.28. The number of benzene rings is 1. The average Bonchev–Trinajstić information content (AvgIpc) is 3.35. The van der Waals surface area contributed by atoms with Crippen molar-refractivity contribution in [1.29, 1.82) is 0 Å². The highest BCUT2D eigenvalue weighted by Gasteiger charge is 2.32. The van der Waals surface area contributed by atoms with E-state index >= 15 is 0 Å². The molecule has 7 nitrogen and oxygen atoms in total. The Morgan fingerprint density at radius 3 is 2.79 bits per heavy atom. The standard InChI is InChI=1S/C20H18N4O3S/c1-10-16-11(2)21-18(13-3-4-13)22-19(16)28-17(10)20(25)23-8-7-12-5-6-14(24(26)27)9-15(12)23/h5-6,9,13H,3-4,7-8H2,1-2H3. The Hall–Kier alpha value is -2.87. The van der Waals surface area contributed by atoms with Crippen LogP contribution in [0.3, 0.4) is 0 Å². The molecule has 0 atom stereocenters. The maximum Gasteiger partial charge on any atom is 0.271 e. The first-order valence-corrected chi connectivity index (χ1v) is 10.1. The maximum absolute atomic E-state index is 13.3. The predicted molar refractivity (Wildman–Crippen MR) is 107 cm³/mol. The van der Waals surface area contributed by atoms with Crippen LogP contribution < -0.4 is 4.90 Å². The van der Waals surface area contributed by atoms with Crippen molar-refractivity contribution in [2.45, 2.75) is 39.0 Å². The van der Waals surface area contributed by atoms with E-state index in [1.54, 1.807) is 11.0 Å². The van der Waals surface area contributed by atoms with Gasteiger partial charge in [0.25, 0.3) is 11.6 Å². The molecule has 1 aromatic carbocycles. The van der Waals surface area contributed by atoms with Gasteiger partial charge < -0.3 is 4.90 Å². The normalized spacial score (nSPS) is 15.9. The largest absolute Gasteiger partial charge is 0.307 e. The molecule has 1 aliphatic heterocycles. The minimum atomic E-state index is -0.426. The minimum Gasteiger partial charge on any atom is -0.307 e. The number of nitro groups is 1. The van der Waals surface area contributed by atoms with Crippen molar-refractivity contribution in [3.05, 3.63) is 55.8 Å². The van der Waals surface area contributed by atoms with Gasteiger partial charge in [-0.25, -0.2) is 9.97 Å². The van der Waals surface area contributed by atoms with Crippen molar-refractivity contribution in [3.63, 3.8) is 0 Å². The second-order valence-electron chi connectivity index (χ2n) is 7.45. The van der Waals surface area contributed by atoms with E-state index in [9.17, 15) is 14.9 Å². The molecule has 1 saturated carbocycles. The zero-order valence-corrected chi connectivity index (χ0v) is 16.4. The van der Waals surface area contributed by atoms with Crippen LogP contribution >= 0.6 is 11.3 Å². The highest BCUT2D eigenvalue weighted by molar-refractivity contribution is 7.20. The number of non-ortho nitro benzene ring substituents is 1. The molecular formula is C20H18N4O3S. The Balaban J connectivity index is 1.57. The Labute approximate surface area is 165 Å². The summed E-state index contributed by atoms with van der Waals surface area (Å²) < 4.78 is 0. The van der Waals surface area contributed by atoms with E-state index in [1.165, 1.54) is 23.5 Å². The number of nitrogens with zero attached hydrogens (tertiary/aromatic N) is 4. The van der Waals surface area contributed by atoms with Gasteiger partial charge in [0.15, 0.2) is 0 Å². The molecule has 0 bridgehead atoms. The van der Waals surface area contributed by atoms with E-state index in [2.05, 4.69) is 4.98 Å². The third-order valence-corrected chi connectivity index (χ3v) is 6.72. The summed E-state index contributed by atoms with van der Waals surface area (Å²) in [5, 5.41) is 12.1. The van der Waals surface area contributed by atoms with Gasteiger partial charge in [0.05, 0.1) is 21.2 Å². The lowest BCUT2D eigenvalue weighted by molar-refractivity contribution is -0.384. The fraction of sp³-hybridized carbons (Fsp3) is 0.350. The van der Waals surface area contributed by atoms with Gasteiger partial charge in [-0.1, -0.05) is 6.07 Å². The van der Waals surface area contributed by atoms with Crippen LogP contribution in [0.25, 0.3) is 10.2 Å². The number of amides is 1. The van der Waals surface area contributed by atoms with Crippen LogP contribution in [0.1, 0.15) is 51.1 Å². The van der Waals surface area contributed by atoms with Crippen LogP contribution in [0.2, 0.25) is 0 Å². The fourth-order valence-corrected chi connectivity index (χ4v) is 5.09. The summed E-state index contributed by atoms with van der Waals surface area (Å²) in [6, 6.07) is 4.74. The van der Waals surface area contributed by atoms with Gasteiger partial charge in [0.1, 0.15) is 10.7 Å². The van der Waals surface area contributed by atoms with Crippen molar-refractivity contribution in [1.82, 2.24) is 9.97 Å². The summed E-state index contributed by atoms with van der Waals surface area (Å²) in [5.41, 5.74) is 3.41. The summed E-state index contributed by atoms with van der Waals surface area (Å²) in [5.74, 6) is 1.22. The van der Waals surface area contributed by atoms with E-state index in [0.717, 1.165) is 45.7 Å². The van der Waals surface area contributed by atoms with Gasteiger partial charge in [-0.2, -0.15) is 0 Å². The molecule has 2 aromatic heterocycles. The molecule has 1 fully saturated rings. The molecular weight excluding hydrogens is 376 g/mol. The van der Waals surface area contributed by atoms with Crippen molar-refractivity contribution in [2.24, 2.45) is 0 Å². The Morgan fingerprint density at radius 1 is 1.29 bits per heavy atom. The number of hydrogen-bond acceptors (Lipinski definition) is 6. The number of hydrogen-bond donors (Lipinski definition) is 0. The monoisotopic (exact) mass is 394 g/mol. The molecule has 0 unspecified atom stereocenters. The number of aromatic nitrogens is 2. The number of carbonyl (C=O) groups is 1. The SMILES string of the molecule is Cc1nc(C2CC2)nc2sc(C(=O)N3CCc4ccc([N+](=O)[O-])cc43)c(C)c12. The summed E-state index contributed by atoms with van der Waals surface area (Å²) in [6.07, 6.45) is 2.96. The Kier molecular flexibility index (Phi) is 3.74. The number of aryl methyl sites for hydroxylation is 2. The lowest BCUT2D eigenvalue weighted by atomic mass is 10.1. The molecule has 5 rings (SSSR count). The fourth-order valence-electron chi connectivity index (χ4n) is 3.90. The number of fused-ring (bicyclic) bond motifs is 2. The molecule has 0 spiro atoms. The molecule has 2 aliphatic rings. The summed E-state index contributed by atoms with van der Waals surface area (Å²) in [6.45, 7) is 4.43. The third-order valence-electron chi connectivity index (χ3n) is 5.55. The highest BCUT2D eigenvalue weighted by atomic mass is 32.1. The van der Waals surface area contributed by atoms with Crippen LogP contribution in [0.4, 0.5) is 11.4 Å². The topological polar surface area (TPSA) is 89.2 Å². The first-order valence-electron chi connectivity index (χ1n) is 9.31. The van der Waals surface area contributed by atoms with Crippen LogP contribution in [-0.4, -0.2) is 27.3 Å². The van der Waals surface area contributed by atoms with Gasteiger partial charge in [0, 0.05) is 30.0 Å². The molecule has 1 amide bonds. The number of nitro benzene ring substituents is 1. The smallest absolute Gasteiger partial charge is 0.271 e.